The van der Waals surface area contributed by atoms with Crippen LogP contribution in [0.3, 0.4) is 0 Å². The van der Waals surface area contributed by atoms with E-state index in [1.54, 1.807) is 0 Å². The van der Waals surface area contributed by atoms with Gasteiger partial charge in [0.05, 0.1) is 11.5 Å². The molecule has 9 heavy (non-hydrogen) atoms. The molecule has 2 N–H and O–H groups in total. The lowest BCUT2D eigenvalue weighted by Crippen LogP contribution is -1.92. The first-order valence-corrected chi connectivity index (χ1v) is 4.84. The Morgan fingerprint density at radius 3 is 2.22 bits per heavy atom. The van der Waals surface area contributed by atoms with Crippen molar-refractivity contribution in [1.82, 2.24) is 0 Å². The smallest absolute Gasteiger partial charge is 0.320 e. The van der Waals surface area contributed by atoms with Crippen LogP contribution in [0.25, 0.3) is 0 Å². The van der Waals surface area contributed by atoms with Crippen molar-refractivity contribution in [1.29, 1.82) is 0 Å². The minimum Gasteiger partial charge on any atom is -0.512 e. The molecule has 0 saturated carbocycles. The number of aliphatic hydroxyl groups is 1. The lowest BCUT2D eigenvalue weighted by atomic mass is 10.7. The van der Waals surface area contributed by atoms with Crippen molar-refractivity contribution in [3.8, 4) is 0 Å². The third-order valence-corrected chi connectivity index (χ3v) is 2.37. The highest BCUT2D eigenvalue weighted by Crippen LogP contribution is 2.10. The molecule has 0 amide bonds. The zero-order valence-electron chi connectivity index (χ0n) is 4.44. The van der Waals surface area contributed by atoms with E-state index in [1.807, 2.05) is 0 Å². The Labute approximate surface area is 56.7 Å². The monoisotopic (exact) mass is 170 g/mol. The maximum atomic E-state index is 9.90. The molecule has 0 unspecified atom stereocenters. The lowest BCUT2D eigenvalue weighted by Gasteiger charge is -1.92. The second-order valence-electron chi connectivity index (χ2n) is 1.26. The molecule has 0 aromatic carbocycles. The van der Waals surface area contributed by atoms with Crippen LogP contribution < -0.4 is 0 Å². The molecule has 0 atom stereocenters. The zero-order valence-corrected chi connectivity index (χ0v) is 6.07. The van der Waals surface area contributed by atoms with E-state index in [0.29, 0.717) is 0 Å². The molecular formula is C3H6O4S2. The number of rotatable bonds is 3. The molecular weight excluding hydrogens is 164 g/mol. The predicted octanol–water partition coefficient (Wildman–Crippen LogP) is 0.594. The van der Waals surface area contributed by atoms with Crippen molar-refractivity contribution < 1.29 is 18.1 Å². The van der Waals surface area contributed by atoms with Crippen LogP contribution in [0.1, 0.15) is 0 Å². The second kappa shape index (κ2) is 3.09. The van der Waals surface area contributed by atoms with Gasteiger partial charge < -0.3 is 5.11 Å². The summed E-state index contributed by atoms with van der Waals surface area (Å²) >= 11 is 0. The van der Waals surface area contributed by atoms with Gasteiger partial charge >= 0.3 is 9.15 Å². The Bertz CT molecular complexity index is 192. The summed E-state index contributed by atoms with van der Waals surface area (Å²) in [6.45, 7) is 3.02. The maximum Gasteiger partial charge on any atom is 0.320 e. The van der Waals surface area contributed by atoms with Crippen molar-refractivity contribution in [2.24, 2.45) is 0 Å². The molecule has 0 heterocycles. The van der Waals surface area contributed by atoms with E-state index >= 15 is 0 Å². The van der Waals surface area contributed by atoms with E-state index in [-0.39, 0.29) is 22.3 Å². The van der Waals surface area contributed by atoms with Crippen molar-refractivity contribution in [3.05, 3.63) is 12.3 Å². The van der Waals surface area contributed by atoms with Crippen molar-refractivity contribution in [2.45, 2.75) is 0 Å². The van der Waals surface area contributed by atoms with Gasteiger partial charge in [-0.3, -0.25) is 4.55 Å². The van der Waals surface area contributed by atoms with E-state index in [0.717, 1.165) is 0 Å². The van der Waals surface area contributed by atoms with E-state index in [4.69, 9.17) is 9.66 Å². The SMILES string of the molecule is C=C(O)CSS(=O)(=O)O. The van der Waals surface area contributed by atoms with Crippen molar-refractivity contribution >= 4 is 19.9 Å². The molecule has 6 heteroatoms. The van der Waals surface area contributed by atoms with Crippen LogP contribution in [-0.4, -0.2) is 23.8 Å². The number of aliphatic hydroxyl groups excluding tert-OH is 1. The normalized spacial score (nSPS) is 11.2. The highest BCUT2D eigenvalue weighted by molar-refractivity contribution is 8.70. The Kier molecular flexibility index (Phi) is 3.02. The van der Waals surface area contributed by atoms with Crippen LogP contribution in [0, 0.1) is 0 Å². The molecule has 54 valence electrons. The molecule has 0 aliphatic rings. The molecule has 0 rings (SSSR count). The Hall–Kier alpha value is -0.200. The minimum absolute atomic E-state index is 0.196. The van der Waals surface area contributed by atoms with Gasteiger partial charge in [0.25, 0.3) is 0 Å². The Balaban J connectivity index is 3.67. The second-order valence-corrected chi connectivity index (χ2v) is 4.61. The van der Waals surface area contributed by atoms with Gasteiger partial charge in [0, 0.05) is 10.8 Å². The van der Waals surface area contributed by atoms with Crippen LogP contribution in [0.2, 0.25) is 0 Å². The fraction of sp³-hybridized carbons (Fsp3) is 0.333. The first-order chi connectivity index (χ1) is 3.92. The van der Waals surface area contributed by atoms with E-state index in [9.17, 15) is 8.42 Å². The third-order valence-electron chi connectivity index (χ3n) is 0.374. The molecule has 0 aliphatic carbocycles. The summed E-state index contributed by atoms with van der Waals surface area (Å²) < 4.78 is 27.9. The summed E-state index contributed by atoms with van der Waals surface area (Å²) in [7, 11) is -3.80. The average Bonchev–Trinajstić information content (AvgIpc) is 1.59. The summed E-state index contributed by atoms with van der Waals surface area (Å²) in [6.07, 6.45) is 0. The van der Waals surface area contributed by atoms with Crippen molar-refractivity contribution in [3.63, 3.8) is 0 Å². The van der Waals surface area contributed by atoms with Gasteiger partial charge in [-0.05, 0) is 0 Å². The average molecular weight is 170 g/mol. The van der Waals surface area contributed by atoms with Gasteiger partial charge in [-0.25, -0.2) is 0 Å². The minimum atomic E-state index is -4.02. The molecule has 4 nitrogen and oxygen atoms in total. The van der Waals surface area contributed by atoms with Gasteiger partial charge in [-0.15, -0.1) is 0 Å². The third kappa shape index (κ3) is 7.80. The molecule has 0 bridgehead atoms. The summed E-state index contributed by atoms with van der Waals surface area (Å²) in [6, 6.07) is 0. The largest absolute Gasteiger partial charge is 0.512 e. The van der Waals surface area contributed by atoms with Gasteiger partial charge in [0.15, 0.2) is 0 Å². The lowest BCUT2D eigenvalue weighted by molar-refractivity contribution is 0.420. The summed E-state index contributed by atoms with van der Waals surface area (Å²) in [5.74, 6) is -0.476. The maximum absolute atomic E-state index is 9.90. The quantitative estimate of drug-likeness (QED) is 0.368. The molecule has 0 fully saturated rings. The standard InChI is InChI=1S/C3H6O4S2/c1-3(4)2-8-9(5,6)7/h4H,1-2H2,(H,5,6,7). The van der Waals surface area contributed by atoms with Crippen LogP contribution in [0.15, 0.2) is 12.3 Å². The zero-order chi connectivity index (χ0) is 7.49. The first-order valence-electron chi connectivity index (χ1n) is 1.90. The van der Waals surface area contributed by atoms with Crippen LogP contribution in [0.5, 0.6) is 0 Å². The number of hydrogen-bond donors (Lipinski definition) is 2. The van der Waals surface area contributed by atoms with Crippen LogP contribution in [0.4, 0.5) is 0 Å². The molecule has 0 radical (unpaired) electrons. The van der Waals surface area contributed by atoms with Crippen LogP contribution in [-0.2, 0) is 9.15 Å². The Morgan fingerprint density at radius 1 is 1.67 bits per heavy atom. The van der Waals surface area contributed by atoms with Crippen LogP contribution >= 0.6 is 10.8 Å². The highest BCUT2D eigenvalue weighted by atomic mass is 33.1. The first kappa shape index (κ1) is 8.80. The fourth-order valence-corrected chi connectivity index (χ4v) is 1.28. The fourth-order valence-electron chi connectivity index (χ4n) is 0.142. The molecule has 0 saturated heterocycles. The van der Waals surface area contributed by atoms with Gasteiger partial charge in [-0.1, -0.05) is 6.58 Å². The van der Waals surface area contributed by atoms with E-state index < -0.39 is 9.15 Å². The topological polar surface area (TPSA) is 74.6 Å². The summed E-state index contributed by atoms with van der Waals surface area (Å²) in [5, 5.41) is 8.32. The van der Waals surface area contributed by atoms with Gasteiger partial charge in [0.1, 0.15) is 0 Å². The molecule has 0 spiro atoms. The number of hydrogen-bond acceptors (Lipinski definition) is 4. The summed E-state index contributed by atoms with van der Waals surface area (Å²) in [5.41, 5.74) is 0. The van der Waals surface area contributed by atoms with Crippen molar-refractivity contribution in [2.75, 3.05) is 5.75 Å². The Morgan fingerprint density at radius 2 is 2.11 bits per heavy atom. The molecule has 0 aromatic heterocycles. The van der Waals surface area contributed by atoms with E-state index in [2.05, 4.69) is 6.58 Å². The summed E-state index contributed by atoms with van der Waals surface area (Å²) in [4.78, 5) is 0. The molecule has 0 aromatic rings. The van der Waals surface area contributed by atoms with Gasteiger partial charge in [0.2, 0.25) is 0 Å². The van der Waals surface area contributed by atoms with E-state index in [1.165, 1.54) is 0 Å². The van der Waals surface area contributed by atoms with Gasteiger partial charge in [-0.2, -0.15) is 8.42 Å². The molecule has 0 aliphatic heterocycles. The highest BCUT2D eigenvalue weighted by Gasteiger charge is 2.04. The predicted molar refractivity (Wildman–Crippen MR) is 35.8 cm³/mol.